The molecule has 2 aliphatic rings. The molecular formula is C16H30N2O. The van der Waals surface area contributed by atoms with Crippen LogP contribution in [0.5, 0.6) is 0 Å². The van der Waals surface area contributed by atoms with Gasteiger partial charge < -0.3 is 10.2 Å². The molecule has 3 unspecified atom stereocenters. The summed E-state index contributed by atoms with van der Waals surface area (Å²) in [4.78, 5) is 13.8. The largest absolute Gasteiger partial charge is 0.344 e. The smallest absolute Gasteiger partial charge is 0.239 e. The lowest BCUT2D eigenvalue weighted by atomic mass is 9.76. The molecule has 0 aromatic rings. The zero-order valence-electron chi connectivity index (χ0n) is 13.0. The van der Waals surface area contributed by atoms with Gasteiger partial charge in [0.15, 0.2) is 0 Å². The monoisotopic (exact) mass is 266 g/mol. The molecule has 1 amide bonds. The molecule has 1 aliphatic carbocycles. The van der Waals surface area contributed by atoms with Crippen LogP contribution in [0.2, 0.25) is 0 Å². The van der Waals surface area contributed by atoms with E-state index in [0.717, 1.165) is 18.9 Å². The first-order valence-electron chi connectivity index (χ1n) is 7.89. The molecule has 110 valence electrons. The van der Waals surface area contributed by atoms with Crippen LogP contribution in [-0.2, 0) is 4.79 Å². The number of amides is 1. The Morgan fingerprint density at radius 2 is 1.84 bits per heavy atom. The number of likely N-dealkylation sites (N-methyl/N-ethyl adjacent to an activating group) is 1. The second-order valence-electron chi connectivity index (χ2n) is 7.54. The number of rotatable bonds is 2. The van der Waals surface area contributed by atoms with Gasteiger partial charge in [0.1, 0.15) is 0 Å². The van der Waals surface area contributed by atoms with Gasteiger partial charge in [-0.3, -0.25) is 4.79 Å². The van der Waals surface area contributed by atoms with E-state index in [9.17, 15) is 4.79 Å². The maximum atomic E-state index is 12.0. The Hall–Kier alpha value is -0.570. The van der Waals surface area contributed by atoms with Gasteiger partial charge in [0.2, 0.25) is 5.91 Å². The predicted molar refractivity (Wildman–Crippen MR) is 79.0 cm³/mol. The van der Waals surface area contributed by atoms with Crippen LogP contribution < -0.4 is 5.32 Å². The minimum Gasteiger partial charge on any atom is -0.344 e. The van der Waals surface area contributed by atoms with E-state index in [-0.39, 0.29) is 11.9 Å². The third-order valence-electron chi connectivity index (χ3n) is 5.06. The Morgan fingerprint density at radius 1 is 1.11 bits per heavy atom. The highest BCUT2D eigenvalue weighted by Gasteiger charge is 2.32. The van der Waals surface area contributed by atoms with Gasteiger partial charge in [-0.2, -0.15) is 0 Å². The summed E-state index contributed by atoms with van der Waals surface area (Å²) in [5.41, 5.74) is 0.429. The lowest BCUT2D eigenvalue weighted by molar-refractivity contribution is -0.128. The Morgan fingerprint density at radius 3 is 2.42 bits per heavy atom. The zero-order chi connectivity index (χ0) is 14.0. The van der Waals surface area contributed by atoms with Crippen LogP contribution in [0, 0.1) is 11.3 Å². The average Bonchev–Trinajstić information content (AvgIpc) is 2.57. The Balaban J connectivity index is 1.85. The number of likely N-dealkylation sites (tertiary alicyclic amines) is 1. The highest BCUT2D eigenvalue weighted by atomic mass is 16.2. The predicted octanol–water partition coefficient (Wildman–Crippen LogP) is 2.80. The number of carbonyl (C=O) groups is 1. The molecule has 0 aromatic carbocycles. The van der Waals surface area contributed by atoms with Gasteiger partial charge in [0, 0.05) is 19.6 Å². The molecule has 1 N–H and O–H groups in total. The summed E-state index contributed by atoms with van der Waals surface area (Å²) in [6, 6.07) is 0.633. The van der Waals surface area contributed by atoms with Crippen LogP contribution in [0.25, 0.3) is 0 Å². The van der Waals surface area contributed by atoms with Crippen molar-refractivity contribution in [3.63, 3.8) is 0 Å². The lowest BCUT2D eigenvalue weighted by Gasteiger charge is -2.30. The second kappa shape index (κ2) is 5.82. The summed E-state index contributed by atoms with van der Waals surface area (Å²) in [5.74, 6) is 1.12. The van der Waals surface area contributed by atoms with Crippen molar-refractivity contribution in [2.45, 2.75) is 71.4 Å². The van der Waals surface area contributed by atoms with Crippen LogP contribution in [-0.4, -0.2) is 36.5 Å². The molecule has 1 aliphatic heterocycles. The van der Waals surface area contributed by atoms with E-state index in [2.05, 4.69) is 26.1 Å². The number of hydrogen-bond donors (Lipinski definition) is 1. The standard InChI is InChI=1S/C16H30N2O/c1-16(2,3)12-6-5-7-13(9-8-12)17-14-10-11-18(4)15(14)19/h12-14,17H,5-11H2,1-4H3. The molecule has 1 saturated carbocycles. The van der Waals surface area contributed by atoms with Gasteiger partial charge in [0.05, 0.1) is 6.04 Å². The van der Waals surface area contributed by atoms with Gasteiger partial charge in [-0.25, -0.2) is 0 Å². The van der Waals surface area contributed by atoms with E-state index in [0.29, 0.717) is 11.5 Å². The van der Waals surface area contributed by atoms with Gasteiger partial charge >= 0.3 is 0 Å². The molecule has 19 heavy (non-hydrogen) atoms. The van der Waals surface area contributed by atoms with Crippen molar-refractivity contribution in [1.82, 2.24) is 10.2 Å². The minimum atomic E-state index is 0.0844. The van der Waals surface area contributed by atoms with Crippen LogP contribution >= 0.6 is 0 Å². The van der Waals surface area contributed by atoms with Crippen molar-refractivity contribution in [2.75, 3.05) is 13.6 Å². The summed E-state index contributed by atoms with van der Waals surface area (Å²) in [6.45, 7) is 8.00. The van der Waals surface area contributed by atoms with Crippen molar-refractivity contribution in [1.29, 1.82) is 0 Å². The molecule has 3 atom stereocenters. The molecular weight excluding hydrogens is 236 g/mol. The summed E-state index contributed by atoms with van der Waals surface area (Å²) < 4.78 is 0. The lowest BCUT2D eigenvalue weighted by Crippen LogP contribution is -2.42. The van der Waals surface area contributed by atoms with Crippen LogP contribution in [0.1, 0.15) is 59.3 Å². The maximum absolute atomic E-state index is 12.0. The van der Waals surface area contributed by atoms with Crippen LogP contribution in [0.15, 0.2) is 0 Å². The van der Waals surface area contributed by atoms with Gasteiger partial charge in [-0.15, -0.1) is 0 Å². The maximum Gasteiger partial charge on any atom is 0.239 e. The molecule has 2 fully saturated rings. The molecule has 0 radical (unpaired) electrons. The van der Waals surface area contributed by atoms with Crippen molar-refractivity contribution < 1.29 is 4.79 Å². The van der Waals surface area contributed by atoms with Crippen molar-refractivity contribution >= 4 is 5.91 Å². The van der Waals surface area contributed by atoms with Crippen molar-refractivity contribution in [3.8, 4) is 0 Å². The Kier molecular flexibility index (Phi) is 4.54. The minimum absolute atomic E-state index is 0.0844. The molecule has 0 bridgehead atoms. The first-order chi connectivity index (χ1) is 8.88. The van der Waals surface area contributed by atoms with E-state index in [1.54, 1.807) is 0 Å². The van der Waals surface area contributed by atoms with Crippen molar-refractivity contribution in [3.05, 3.63) is 0 Å². The molecule has 3 nitrogen and oxygen atoms in total. The van der Waals surface area contributed by atoms with Crippen molar-refractivity contribution in [2.24, 2.45) is 11.3 Å². The van der Waals surface area contributed by atoms with Crippen LogP contribution in [0.4, 0.5) is 0 Å². The average molecular weight is 266 g/mol. The molecule has 1 saturated heterocycles. The van der Waals surface area contributed by atoms with Gasteiger partial charge in [0.25, 0.3) is 0 Å². The van der Waals surface area contributed by atoms with E-state index < -0.39 is 0 Å². The summed E-state index contributed by atoms with van der Waals surface area (Å²) in [5, 5.41) is 3.62. The Bertz CT molecular complexity index is 321. The molecule has 0 spiro atoms. The van der Waals surface area contributed by atoms with E-state index >= 15 is 0 Å². The quantitative estimate of drug-likeness (QED) is 0.780. The fourth-order valence-corrected chi connectivity index (χ4v) is 3.60. The third kappa shape index (κ3) is 3.71. The summed E-state index contributed by atoms with van der Waals surface area (Å²) in [6.07, 6.45) is 7.40. The third-order valence-corrected chi connectivity index (χ3v) is 5.06. The molecule has 2 rings (SSSR count). The normalized spacial score (nSPS) is 33.6. The Labute approximate surface area is 118 Å². The van der Waals surface area contributed by atoms with Gasteiger partial charge in [-0.05, 0) is 43.4 Å². The fraction of sp³-hybridized carbons (Fsp3) is 0.938. The first-order valence-corrected chi connectivity index (χ1v) is 7.89. The number of carbonyl (C=O) groups excluding carboxylic acids is 1. The number of nitrogens with zero attached hydrogens (tertiary/aromatic N) is 1. The molecule has 0 aromatic heterocycles. The topological polar surface area (TPSA) is 32.3 Å². The number of nitrogens with one attached hydrogen (secondary N) is 1. The molecule has 1 heterocycles. The van der Waals surface area contributed by atoms with E-state index in [1.807, 2.05) is 11.9 Å². The first kappa shape index (κ1) is 14.8. The zero-order valence-corrected chi connectivity index (χ0v) is 13.0. The van der Waals surface area contributed by atoms with E-state index in [1.165, 1.54) is 32.1 Å². The second-order valence-corrected chi connectivity index (χ2v) is 7.54. The number of hydrogen-bond acceptors (Lipinski definition) is 2. The fourth-order valence-electron chi connectivity index (χ4n) is 3.60. The molecule has 3 heteroatoms. The highest BCUT2D eigenvalue weighted by Crippen LogP contribution is 2.36. The highest BCUT2D eigenvalue weighted by molar-refractivity contribution is 5.83. The van der Waals surface area contributed by atoms with Gasteiger partial charge in [-0.1, -0.05) is 27.2 Å². The van der Waals surface area contributed by atoms with E-state index in [4.69, 9.17) is 0 Å². The van der Waals surface area contributed by atoms with Crippen LogP contribution in [0.3, 0.4) is 0 Å². The SMILES string of the molecule is CN1CCC(NC2CCCC(C(C)(C)C)CC2)C1=O. The summed E-state index contributed by atoms with van der Waals surface area (Å²) >= 11 is 0. The summed E-state index contributed by atoms with van der Waals surface area (Å²) in [7, 11) is 1.91.